The molecule has 1 saturated heterocycles. The molecule has 4 aliphatic rings. The van der Waals surface area contributed by atoms with Crippen molar-refractivity contribution in [3.8, 4) is 11.7 Å². The monoisotopic (exact) mass is 605 g/mol. The number of amides is 1. The summed E-state index contributed by atoms with van der Waals surface area (Å²) in [6.45, 7) is 6.24. The first-order valence-electron chi connectivity index (χ1n) is 15.4. The van der Waals surface area contributed by atoms with Crippen LogP contribution in [0.2, 0.25) is 0 Å². The molecule has 228 valence electrons. The summed E-state index contributed by atoms with van der Waals surface area (Å²) >= 11 is 0. The SMILES string of the molecule is CC1(C)CC2CCNc3cccc(n3)S(=O)(=O)NC(=O)c3ccc(-n4ccc(OCCC(C5CC5)C5CC5)n4)nc3N1C2. The topological polar surface area (TPSA) is 131 Å². The van der Waals surface area contributed by atoms with Crippen molar-refractivity contribution in [2.45, 2.75) is 69.4 Å². The largest absolute Gasteiger partial charge is 0.477 e. The quantitative estimate of drug-likeness (QED) is 0.402. The Hall–Kier alpha value is -3.67. The number of aromatic nitrogens is 4. The molecule has 43 heavy (non-hydrogen) atoms. The summed E-state index contributed by atoms with van der Waals surface area (Å²) in [7, 11) is -4.21. The van der Waals surface area contributed by atoms with Crippen molar-refractivity contribution in [3.05, 3.63) is 48.2 Å². The summed E-state index contributed by atoms with van der Waals surface area (Å²) < 4.78 is 36.2. The zero-order chi connectivity index (χ0) is 29.8. The van der Waals surface area contributed by atoms with Gasteiger partial charge in [0.25, 0.3) is 15.9 Å². The highest BCUT2D eigenvalue weighted by Gasteiger charge is 2.42. The summed E-state index contributed by atoms with van der Waals surface area (Å²) in [5.74, 6) is 4.10. The minimum Gasteiger partial charge on any atom is -0.477 e. The number of sulfonamides is 1. The van der Waals surface area contributed by atoms with Gasteiger partial charge in [0.15, 0.2) is 10.8 Å². The van der Waals surface area contributed by atoms with Gasteiger partial charge in [-0.25, -0.2) is 19.4 Å². The Morgan fingerprint density at radius 2 is 1.84 bits per heavy atom. The molecule has 1 unspecified atom stereocenters. The number of nitrogens with one attached hydrogen (secondary N) is 2. The van der Waals surface area contributed by atoms with E-state index in [2.05, 4.69) is 38.9 Å². The van der Waals surface area contributed by atoms with E-state index in [0.29, 0.717) is 48.9 Å². The van der Waals surface area contributed by atoms with E-state index < -0.39 is 15.9 Å². The Bertz CT molecular complexity index is 1620. The Labute approximate surface area is 252 Å². The van der Waals surface area contributed by atoms with E-state index in [1.54, 1.807) is 35.1 Å². The van der Waals surface area contributed by atoms with Gasteiger partial charge in [-0.2, -0.15) is 8.42 Å². The third kappa shape index (κ3) is 5.93. The number of ether oxygens (including phenoxy) is 1. The molecule has 0 aromatic carbocycles. The van der Waals surface area contributed by atoms with Gasteiger partial charge in [-0.3, -0.25) is 4.79 Å². The Morgan fingerprint density at radius 3 is 2.60 bits per heavy atom. The molecule has 3 fully saturated rings. The standard InChI is InChI=1S/C31H39N7O4S/c1-31(2)18-20-12-15-32-25-4-3-5-28(33-25)43(40,41)36-30(39)24-10-11-26(34-29(24)37(31)19-20)38-16-13-27(35-38)42-17-14-23(21-6-7-21)22-8-9-22/h3-5,10-11,13,16,20-23H,6-9,12,14-15,17-19H2,1-2H3,(H,32,33)(H,36,39). The fourth-order valence-electron chi connectivity index (χ4n) is 6.92. The van der Waals surface area contributed by atoms with Crippen molar-refractivity contribution in [2.75, 3.05) is 29.9 Å². The van der Waals surface area contributed by atoms with Gasteiger partial charge >= 0.3 is 0 Å². The van der Waals surface area contributed by atoms with E-state index in [-0.39, 0.29) is 16.1 Å². The lowest BCUT2D eigenvalue weighted by Gasteiger charge is -2.34. The molecule has 5 heterocycles. The van der Waals surface area contributed by atoms with Gasteiger partial charge in [0, 0.05) is 30.9 Å². The molecule has 4 bridgehead atoms. The molecule has 7 rings (SSSR count). The van der Waals surface area contributed by atoms with Crippen LogP contribution in [0.25, 0.3) is 5.82 Å². The molecular formula is C31H39N7O4S. The van der Waals surface area contributed by atoms with Crippen LogP contribution < -0.4 is 19.7 Å². The Balaban J connectivity index is 1.17. The normalized spacial score (nSPS) is 22.8. The molecule has 1 atom stereocenters. The highest BCUT2D eigenvalue weighted by atomic mass is 32.2. The summed E-state index contributed by atoms with van der Waals surface area (Å²) in [6, 6.07) is 9.86. The van der Waals surface area contributed by atoms with Crippen LogP contribution in [-0.2, 0) is 10.0 Å². The van der Waals surface area contributed by atoms with Crippen LogP contribution in [0.15, 0.2) is 47.6 Å². The number of nitrogens with zero attached hydrogens (tertiary/aromatic N) is 5. The van der Waals surface area contributed by atoms with Crippen molar-refractivity contribution >= 4 is 27.6 Å². The van der Waals surface area contributed by atoms with Crippen LogP contribution in [0.3, 0.4) is 0 Å². The van der Waals surface area contributed by atoms with Crippen molar-refractivity contribution in [1.29, 1.82) is 0 Å². The zero-order valence-corrected chi connectivity index (χ0v) is 25.5. The maximum atomic E-state index is 13.6. The smallest absolute Gasteiger partial charge is 0.281 e. The minimum atomic E-state index is -4.21. The lowest BCUT2D eigenvalue weighted by Crippen LogP contribution is -2.41. The second-order valence-electron chi connectivity index (χ2n) is 13.1. The molecule has 3 aromatic rings. The summed E-state index contributed by atoms with van der Waals surface area (Å²) in [4.78, 5) is 24.8. The number of pyridine rings is 2. The fraction of sp³-hybridized carbons (Fsp3) is 0.548. The van der Waals surface area contributed by atoms with Crippen LogP contribution in [0.4, 0.5) is 11.6 Å². The third-order valence-electron chi connectivity index (χ3n) is 9.36. The maximum absolute atomic E-state index is 13.6. The molecule has 1 amide bonds. The number of anilines is 2. The molecule has 11 nitrogen and oxygen atoms in total. The van der Waals surface area contributed by atoms with Crippen molar-refractivity contribution < 1.29 is 17.9 Å². The highest BCUT2D eigenvalue weighted by molar-refractivity contribution is 7.90. The molecular weight excluding hydrogens is 566 g/mol. The van der Waals surface area contributed by atoms with Crippen molar-refractivity contribution in [2.24, 2.45) is 23.7 Å². The van der Waals surface area contributed by atoms with Gasteiger partial charge in [-0.15, -0.1) is 5.10 Å². The van der Waals surface area contributed by atoms with E-state index in [9.17, 15) is 13.2 Å². The Kier molecular flexibility index (Phi) is 7.06. The second-order valence-corrected chi connectivity index (χ2v) is 14.7. The third-order valence-corrected chi connectivity index (χ3v) is 10.6. The van der Waals surface area contributed by atoms with Gasteiger partial charge in [0.2, 0.25) is 5.88 Å². The van der Waals surface area contributed by atoms with Crippen LogP contribution in [0.1, 0.15) is 69.2 Å². The van der Waals surface area contributed by atoms with Gasteiger partial charge < -0.3 is 15.0 Å². The highest BCUT2D eigenvalue weighted by Crippen LogP contribution is 2.50. The molecule has 2 N–H and O–H groups in total. The maximum Gasteiger partial charge on any atom is 0.281 e. The van der Waals surface area contributed by atoms with E-state index in [4.69, 9.17) is 9.72 Å². The van der Waals surface area contributed by atoms with Gasteiger partial charge in [-0.1, -0.05) is 6.07 Å². The lowest BCUT2D eigenvalue weighted by atomic mass is 9.94. The number of carbonyl (C=O) groups excluding carboxylic acids is 1. The van der Waals surface area contributed by atoms with E-state index in [1.807, 2.05) is 6.07 Å². The number of hydrogen-bond acceptors (Lipinski definition) is 9. The average molecular weight is 606 g/mol. The number of rotatable bonds is 7. The van der Waals surface area contributed by atoms with Gasteiger partial charge in [0.05, 0.1) is 12.2 Å². The van der Waals surface area contributed by atoms with E-state index in [1.165, 1.54) is 31.7 Å². The predicted molar refractivity (Wildman–Crippen MR) is 162 cm³/mol. The molecule has 3 aromatic heterocycles. The van der Waals surface area contributed by atoms with Crippen LogP contribution in [0, 0.1) is 23.7 Å². The van der Waals surface area contributed by atoms with Crippen molar-refractivity contribution in [3.63, 3.8) is 0 Å². The first-order chi connectivity index (χ1) is 20.7. The van der Waals surface area contributed by atoms with Crippen LogP contribution in [-0.4, -0.2) is 59.3 Å². The number of carbonyl (C=O) groups is 1. The first-order valence-corrected chi connectivity index (χ1v) is 16.9. The van der Waals surface area contributed by atoms with Crippen LogP contribution in [0.5, 0.6) is 5.88 Å². The molecule has 0 spiro atoms. The number of fused-ring (bicyclic) bond motifs is 6. The molecule has 2 aliphatic carbocycles. The summed E-state index contributed by atoms with van der Waals surface area (Å²) in [5, 5.41) is 7.65. The molecule has 12 heteroatoms. The summed E-state index contributed by atoms with van der Waals surface area (Å²) in [6.07, 6.45) is 10.1. The second kappa shape index (κ2) is 10.8. The molecule has 0 radical (unpaired) electrons. The van der Waals surface area contributed by atoms with Crippen molar-refractivity contribution in [1.82, 2.24) is 24.5 Å². The molecule has 2 aliphatic heterocycles. The Morgan fingerprint density at radius 1 is 1.05 bits per heavy atom. The van der Waals surface area contributed by atoms with E-state index >= 15 is 0 Å². The average Bonchev–Trinajstić information content (AvgIpc) is 3.91. The van der Waals surface area contributed by atoms with Gasteiger partial charge in [-0.05, 0) is 107 Å². The fourth-order valence-corrected chi connectivity index (χ4v) is 7.85. The first kappa shape index (κ1) is 28.1. The van der Waals surface area contributed by atoms with Gasteiger partial charge in [0.1, 0.15) is 11.6 Å². The molecule has 2 saturated carbocycles. The van der Waals surface area contributed by atoms with E-state index in [0.717, 1.165) is 37.0 Å². The number of hydrogen-bond donors (Lipinski definition) is 2. The summed E-state index contributed by atoms with van der Waals surface area (Å²) in [5.41, 5.74) is -0.125. The lowest BCUT2D eigenvalue weighted by molar-refractivity contribution is 0.0981. The predicted octanol–water partition coefficient (Wildman–Crippen LogP) is 4.41. The minimum absolute atomic E-state index is 0.183. The van der Waals surface area contributed by atoms with Crippen LogP contribution >= 0.6 is 0 Å². The zero-order valence-electron chi connectivity index (χ0n) is 24.7.